The lowest BCUT2D eigenvalue weighted by Gasteiger charge is -2.16. The minimum absolute atomic E-state index is 0.0644. The first kappa shape index (κ1) is 11.0. The van der Waals surface area contributed by atoms with Crippen LogP contribution in [0.1, 0.15) is 6.42 Å². The molecule has 1 aliphatic rings. The molecule has 2 rings (SSSR count). The molecule has 0 aromatic heterocycles. The van der Waals surface area contributed by atoms with Crippen LogP contribution in [0.25, 0.3) is 0 Å². The van der Waals surface area contributed by atoms with Crippen LogP contribution in [0.2, 0.25) is 0 Å². The second-order valence-corrected chi connectivity index (χ2v) is 3.96. The largest absolute Gasteiger partial charge is 0.497 e. The van der Waals surface area contributed by atoms with Gasteiger partial charge < -0.3 is 14.7 Å². The predicted octanol–water partition coefficient (Wildman–Crippen LogP) is 1.04. The zero-order valence-corrected chi connectivity index (χ0v) is 9.22. The van der Waals surface area contributed by atoms with Gasteiger partial charge in [0.25, 0.3) is 0 Å². The number of carbonyl (C=O) groups is 1. The Labute approximate surface area is 94.4 Å². The number of carbonyl (C=O) groups excluding carboxylic acids is 1. The van der Waals surface area contributed by atoms with Crippen LogP contribution >= 0.6 is 0 Å². The number of methoxy groups -OCH3 is 1. The molecule has 1 unspecified atom stereocenters. The summed E-state index contributed by atoms with van der Waals surface area (Å²) in [5, 5.41) is 9.03. The fraction of sp³-hybridized carbons (Fsp3) is 0.417. The van der Waals surface area contributed by atoms with Gasteiger partial charge in [0.15, 0.2) is 0 Å². The van der Waals surface area contributed by atoms with Crippen LogP contribution in [0, 0.1) is 5.92 Å². The van der Waals surface area contributed by atoms with Gasteiger partial charge >= 0.3 is 0 Å². The topological polar surface area (TPSA) is 49.8 Å². The number of hydrogen-bond donors (Lipinski definition) is 1. The van der Waals surface area contributed by atoms with E-state index in [9.17, 15) is 4.79 Å². The summed E-state index contributed by atoms with van der Waals surface area (Å²) in [6, 6.07) is 7.37. The highest BCUT2D eigenvalue weighted by Crippen LogP contribution is 2.26. The van der Waals surface area contributed by atoms with Crippen LogP contribution in [0.15, 0.2) is 24.3 Å². The van der Waals surface area contributed by atoms with Crippen molar-refractivity contribution >= 4 is 11.6 Å². The summed E-state index contributed by atoms with van der Waals surface area (Å²) in [6.45, 7) is 0.667. The third-order valence-corrected chi connectivity index (χ3v) is 2.85. The van der Waals surface area contributed by atoms with Crippen molar-refractivity contribution in [1.82, 2.24) is 0 Å². The number of ether oxygens (including phenoxy) is 1. The fourth-order valence-electron chi connectivity index (χ4n) is 1.92. The van der Waals surface area contributed by atoms with E-state index in [0.717, 1.165) is 11.4 Å². The molecular weight excluding hydrogens is 206 g/mol. The van der Waals surface area contributed by atoms with E-state index in [1.165, 1.54) is 0 Å². The molecule has 0 radical (unpaired) electrons. The molecule has 1 aromatic carbocycles. The number of nitrogens with zero attached hydrogens (tertiary/aromatic N) is 1. The second-order valence-electron chi connectivity index (χ2n) is 3.96. The minimum atomic E-state index is 0.0644. The van der Waals surface area contributed by atoms with Crippen LogP contribution in [0.4, 0.5) is 5.69 Å². The number of aliphatic hydroxyl groups is 1. The molecule has 1 amide bonds. The summed E-state index contributed by atoms with van der Waals surface area (Å²) in [5.41, 5.74) is 0.863. The molecule has 0 aliphatic carbocycles. The van der Waals surface area contributed by atoms with Gasteiger partial charge in [-0.15, -0.1) is 0 Å². The van der Waals surface area contributed by atoms with Gasteiger partial charge in [-0.1, -0.05) is 0 Å². The van der Waals surface area contributed by atoms with E-state index in [1.54, 1.807) is 12.0 Å². The van der Waals surface area contributed by atoms with Crippen molar-refractivity contribution in [2.75, 3.05) is 25.2 Å². The lowest BCUT2D eigenvalue weighted by atomic mass is 10.1. The summed E-state index contributed by atoms with van der Waals surface area (Å²) in [5.74, 6) is 0.910. The number of aliphatic hydroxyl groups excluding tert-OH is 1. The van der Waals surface area contributed by atoms with Crippen molar-refractivity contribution in [2.45, 2.75) is 6.42 Å². The lowest BCUT2D eigenvalue weighted by Crippen LogP contribution is -2.24. The molecular formula is C12H15NO3. The maximum Gasteiger partial charge on any atom is 0.227 e. The van der Waals surface area contributed by atoms with E-state index < -0.39 is 0 Å². The van der Waals surface area contributed by atoms with Gasteiger partial charge in [-0.05, 0) is 24.3 Å². The van der Waals surface area contributed by atoms with Gasteiger partial charge in [0.1, 0.15) is 5.75 Å². The molecule has 1 N–H and O–H groups in total. The van der Waals surface area contributed by atoms with Gasteiger partial charge in [0, 0.05) is 31.2 Å². The number of hydrogen-bond acceptors (Lipinski definition) is 3. The minimum Gasteiger partial charge on any atom is -0.497 e. The molecule has 4 nitrogen and oxygen atoms in total. The second kappa shape index (κ2) is 4.53. The molecule has 0 bridgehead atoms. The molecule has 4 heteroatoms. The molecule has 16 heavy (non-hydrogen) atoms. The lowest BCUT2D eigenvalue weighted by molar-refractivity contribution is -0.117. The van der Waals surface area contributed by atoms with Crippen LogP contribution in [-0.2, 0) is 4.79 Å². The van der Waals surface area contributed by atoms with Crippen LogP contribution in [0.3, 0.4) is 0 Å². The third kappa shape index (κ3) is 2.02. The summed E-state index contributed by atoms with van der Waals surface area (Å²) < 4.78 is 5.06. The molecule has 1 aromatic rings. The average molecular weight is 221 g/mol. The zero-order chi connectivity index (χ0) is 11.5. The maximum atomic E-state index is 11.7. The Bertz CT molecular complexity index is 374. The molecule has 1 heterocycles. The SMILES string of the molecule is COc1ccc(N2CC(CO)CC2=O)cc1. The van der Waals surface area contributed by atoms with Crippen LogP contribution in [0.5, 0.6) is 5.75 Å². The summed E-state index contributed by atoms with van der Waals surface area (Å²) in [7, 11) is 1.61. The summed E-state index contributed by atoms with van der Waals surface area (Å²) in [4.78, 5) is 13.4. The first-order valence-corrected chi connectivity index (χ1v) is 5.30. The quantitative estimate of drug-likeness (QED) is 0.829. The molecule has 1 fully saturated rings. The van der Waals surface area contributed by atoms with Gasteiger partial charge in [-0.25, -0.2) is 0 Å². The molecule has 1 atom stereocenters. The number of amides is 1. The first-order valence-electron chi connectivity index (χ1n) is 5.30. The Kier molecular flexibility index (Phi) is 3.10. The third-order valence-electron chi connectivity index (χ3n) is 2.85. The first-order chi connectivity index (χ1) is 7.74. The molecule has 1 aliphatic heterocycles. The van der Waals surface area contributed by atoms with Crippen molar-refractivity contribution < 1.29 is 14.6 Å². The van der Waals surface area contributed by atoms with Gasteiger partial charge in [-0.2, -0.15) is 0 Å². The van der Waals surface area contributed by atoms with E-state index in [2.05, 4.69) is 0 Å². The molecule has 0 saturated carbocycles. The van der Waals surface area contributed by atoms with Crippen molar-refractivity contribution in [3.05, 3.63) is 24.3 Å². The highest BCUT2D eigenvalue weighted by atomic mass is 16.5. The Hall–Kier alpha value is -1.55. The van der Waals surface area contributed by atoms with Crippen molar-refractivity contribution in [3.8, 4) is 5.75 Å². The van der Waals surface area contributed by atoms with Crippen LogP contribution in [-0.4, -0.2) is 31.3 Å². The van der Waals surface area contributed by atoms with Crippen LogP contribution < -0.4 is 9.64 Å². The Balaban J connectivity index is 2.15. The number of rotatable bonds is 3. The molecule has 0 spiro atoms. The smallest absolute Gasteiger partial charge is 0.227 e. The predicted molar refractivity (Wildman–Crippen MR) is 60.5 cm³/mol. The standard InChI is InChI=1S/C12H15NO3/c1-16-11-4-2-10(3-5-11)13-7-9(8-14)6-12(13)15/h2-5,9,14H,6-8H2,1H3. The summed E-state index contributed by atoms with van der Waals surface area (Å²) in [6.07, 6.45) is 0.433. The van der Waals surface area contributed by atoms with E-state index in [-0.39, 0.29) is 18.4 Å². The highest BCUT2D eigenvalue weighted by molar-refractivity contribution is 5.95. The van der Waals surface area contributed by atoms with E-state index >= 15 is 0 Å². The van der Waals surface area contributed by atoms with E-state index in [0.29, 0.717) is 13.0 Å². The summed E-state index contributed by atoms with van der Waals surface area (Å²) >= 11 is 0. The Morgan fingerprint density at radius 2 is 2.12 bits per heavy atom. The monoisotopic (exact) mass is 221 g/mol. The Morgan fingerprint density at radius 1 is 1.44 bits per heavy atom. The Morgan fingerprint density at radius 3 is 2.62 bits per heavy atom. The molecule has 1 saturated heterocycles. The maximum absolute atomic E-state index is 11.7. The number of anilines is 1. The fourth-order valence-corrected chi connectivity index (χ4v) is 1.92. The van der Waals surface area contributed by atoms with Crippen molar-refractivity contribution in [2.24, 2.45) is 5.92 Å². The van der Waals surface area contributed by atoms with Crippen molar-refractivity contribution in [1.29, 1.82) is 0 Å². The number of benzene rings is 1. The van der Waals surface area contributed by atoms with E-state index in [4.69, 9.17) is 9.84 Å². The zero-order valence-electron chi connectivity index (χ0n) is 9.22. The molecule has 86 valence electrons. The highest BCUT2D eigenvalue weighted by Gasteiger charge is 2.29. The average Bonchev–Trinajstić information content (AvgIpc) is 2.71. The van der Waals surface area contributed by atoms with Gasteiger partial charge in [-0.3, -0.25) is 4.79 Å². The normalized spacial score (nSPS) is 20.2. The van der Waals surface area contributed by atoms with E-state index in [1.807, 2.05) is 24.3 Å². The van der Waals surface area contributed by atoms with Gasteiger partial charge in [0.2, 0.25) is 5.91 Å². The van der Waals surface area contributed by atoms with Crippen molar-refractivity contribution in [3.63, 3.8) is 0 Å². The van der Waals surface area contributed by atoms with Gasteiger partial charge in [0.05, 0.1) is 7.11 Å².